The van der Waals surface area contributed by atoms with E-state index >= 15 is 0 Å². The minimum absolute atomic E-state index is 0.685. The Morgan fingerprint density at radius 1 is 0.882 bits per heavy atom. The first kappa shape index (κ1) is 23.3. The van der Waals surface area contributed by atoms with Gasteiger partial charge in [-0.15, -0.1) is 11.8 Å². The van der Waals surface area contributed by atoms with Crippen molar-refractivity contribution in [3.05, 3.63) is 30.5 Å². The van der Waals surface area contributed by atoms with Crippen molar-refractivity contribution in [3.63, 3.8) is 0 Å². The van der Waals surface area contributed by atoms with Crippen LogP contribution >= 0.6 is 11.8 Å². The second-order valence-corrected chi connectivity index (χ2v) is 10.5. The van der Waals surface area contributed by atoms with E-state index in [0.29, 0.717) is 5.65 Å². The SMILES string of the molecule is CN(C)CCSc1nc(-c2ccc(N3CCN(C)CC3)cc2)nc2nc(N3CCCC3)cnc12. The number of rotatable bonds is 7. The van der Waals surface area contributed by atoms with Crippen molar-refractivity contribution in [2.45, 2.75) is 17.9 Å². The lowest BCUT2D eigenvalue weighted by atomic mass is 10.1. The number of likely N-dealkylation sites (N-methyl/N-ethyl adjacent to an activating group) is 1. The van der Waals surface area contributed by atoms with Gasteiger partial charge in [0.25, 0.3) is 0 Å². The Labute approximate surface area is 206 Å². The molecule has 4 heterocycles. The normalized spacial score (nSPS) is 17.3. The molecule has 0 bridgehead atoms. The molecule has 0 spiro atoms. The fraction of sp³-hybridized carbons (Fsp3) is 0.520. The van der Waals surface area contributed by atoms with Crippen molar-refractivity contribution in [3.8, 4) is 11.4 Å². The van der Waals surface area contributed by atoms with Crippen LogP contribution in [0.3, 0.4) is 0 Å². The lowest BCUT2D eigenvalue weighted by Gasteiger charge is -2.34. The number of nitrogens with zero attached hydrogens (tertiary/aromatic N) is 8. The number of piperazine rings is 1. The van der Waals surface area contributed by atoms with E-state index in [1.54, 1.807) is 11.8 Å². The molecule has 3 aromatic rings. The van der Waals surface area contributed by atoms with Gasteiger partial charge in [-0.1, -0.05) is 0 Å². The molecule has 5 rings (SSSR count). The maximum Gasteiger partial charge on any atom is 0.185 e. The van der Waals surface area contributed by atoms with E-state index in [1.807, 2.05) is 6.20 Å². The summed E-state index contributed by atoms with van der Waals surface area (Å²) in [4.78, 5) is 28.8. The maximum absolute atomic E-state index is 4.94. The van der Waals surface area contributed by atoms with Gasteiger partial charge in [-0.2, -0.15) is 0 Å². The molecular weight excluding hydrogens is 444 g/mol. The Kier molecular flexibility index (Phi) is 7.12. The molecule has 180 valence electrons. The summed E-state index contributed by atoms with van der Waals surface area (Å²) < 4.78 is 0. The van der Waals surface area contributed by atoms with Gasteiger partial charge >= 0.3 is 0 Å². The Morgan fingerprint density at radius 3 is 2.32 bits per heavy atom. The highest BCUT2D eigenvalue weighted by Crippen LogP contribution is 2.29. The molecule has 2 aliphatic rings. The molecule has 0 aliphatic carbocycles. The number of hydrogen-bond acceptors (Lipinski definition) is 9. The van der Waals surface area contributed by atoms with E-state index in [4.69, 9.17) is 19.9 Å². The smallest absolute Gasteiger partial charge is 0.185 e. The zero-order valence-corrected chi connectivity index (χ0v) is 21.3. The summed E-state index contributed by atoms with van der Waals surface area (Å²) in [7, 11) is 6.37. The van der Waals surface area contributed by atoms with Gasteiger partial charge in [0.05, 0.1) is 6.20 Å². The summed E-state index contributed by atoms with van der Waals surface area (Å²) in [5.41, 5.74) is 3.76. The third kappa shape index (κ3) is 5.26. The van der Waals surface area contributed by atoms with E-state index in [-0.39, 0.29) is 0 Å². The molecule has 0 unspecified atom stereocenters. The summed E-state index contributed by atoms with van der Waals surface area (Å²) >= 11 is 1.73. The lowest BCUT2D eigenvalue weighted by Crippen LogP contribution is -2.44. The van der Waals surface area contributed by atoms with E-state index in [1.165, 1.54) is 18.5 Å². The summed E-state index contributed by atoms with van der Waals surface area (Å²) in [5, 5.41) is 0.908. The van der Waals surface area contributed by atoms with Gasteiger partial charge in [-0.3, -0.25) is 0 Å². The van der Waals surface area contributed by atoms with Gasteiger partial charge in [-0.25, -0.2) is 19.9 Å². The van der Waals surface area contributed by atoms with Crippen LogP contribution in [0, 0.1) is 0 Å². The van der Waals surface area contributed by atoms with Gasteiger partial charge in [0.15, 0.2) is 11.5 Å². The van der Waals surface area contributed by atoms with Crippen molar-refractivity contribution < 1.29 is 0 Å². The number of benzene rings is 1. The Morgan fingerprint density at radius 2 is 1.62 bits per heavy atom. The minimum Gasteiger partial charge on any atom is -0.369 e. The summed E-state index contributed by atoms with van der Waals surface area (Å²) in [6.45, 7) is 7.37. The quantitative estimate of drug-likeness (QED) is 0.376. The second kappa shape index (κ2) is 10.4. The number of hydrogen-bond donors (Lipinski definition) is 0. The van der Waals surface area contributed by atoms with Gasteiger partial charge in [-0.05, 0) is 58.3 Å². The summed E-state index contributed by atoms with van der Waals surface area (Å²) in [6.07, 6.45) is 4.30. The van der Waals surface area contributed by atoms with Gasteiger partial charge in [0.1, 0.15) is 16.4 Å². The highest BCUT2D eigenvalue weighted by atomic mass is 32.2. The fourth-order valence-corrected chi connectivity index (χ4v) is 5.49. The first-order valence-corrected chi connectivity index (χ1v) is 13.2. The van der Waals surface area contributed by atoms with Crippen molar-refractivity contribution in [2.75, 3.05) is 82.5 Å². The predicted octanol–water partition coefficient (Wildman–Crippen LogP) is 3.09. The second-order valence-electron chi connectivity index (χ2n) is 9.44. The first-order valence-electron chi connectivity index (χ1n) is 12.2. The van der Waals surface area contributed by atoms with Crippen molar-refractivity contribution >= 4 is 34.4 Å². The molecule has 2 aliphatic heterocycles. The number of aromatic nitrogens is 4. The number of fused-ring (bicyclic) bond motifs is 1. The number of thioether (sulfide) groups is 1. The van der Waals surface area contributed by atoms with E-state index in [0.717, 1.165) is 79.3 Å². The lowest BCUT2D eigenvalue weighted by molar-refractivity contribution is 0.313. The molecule has 2 aromatic heterocycles. The third-order valence-electron chi connectivity index (χ3n) is 6.56. The minimum atomic E-state index is 0.685. The highest BCUT2D eigenvalue weighted by Gasteiger charge is 2.19. The molecular formula is C25H34N8S. The topological polar surface area (TPSA) is 64.5 Å². The summed E-state index contributed by atoms with van der Waals surface area (Å²) in [6, 6.07) is 8.67. The maximum atomic E-state index is 4.94. The van der Waals surface area contributed by atoms with Crippen LogP contribution < -0.4 is 9.80 Å². The highest BCUT2D eigenvalue weighted by molar-refractivity contribution is 7.99. The Bertz CT molecular complexity index is 1110. The molecule has 0 amide bonds. The van der Waals surface area contributed by atoms with Gasteiger partial charge in [0, 0.05) is 62.8 Å². The fourth-order valence-electron chi connectivity index (χ4n) is 4.41. The molecule has 2 fully saturated rings. The van der Waals surface area contributed by atoms with Crippen LogP contribution in [-0.4, -0.2) is 102 Å². The van der Waals surface area contributed by atoms with Crippen molar-refractivity contribution in [1.29, 1.82) is 0 Å². The van der Waals surface area contributed by atoms with Crippen LogP contribution in [0.4, 0.5) is 11.5 Å². The van der Waals surface area contributed by atoms with Crippen molar-refractivity contribution in [1.82, 2.24) is 29.7 Å². The van der Waals surface area contributed by atoms with Gasteiger partial charge < -0.3 is 19.6 Å². The average molecular weight is 479 g/mol. The van der Waals surface area contributed by atoms with Crippen LogP contribution in [0.2, 0.25) is 0 Å². The van der Waals surface area contributed by atoms with Crippen LogP contribution in [0.15, 0.2) is 35.5 Å². The first-order chi connectivity index (χ1) is 16.6. The summed E-state index contributed by atoms with van der Waals surface area (Å²) in [5.74, 6) is 2.58. The standard InChI is InChI=1S/C25H34N8S/c1-30(2)16-17-34-25-22-24(27-21(18-26-22)33-10-4-5-11-33)28-23(29-25)19-6-8-20(9-7-19)32-14-12-31(3)13-15-32/h6-9,18H,4-5,10-17H2,1-3H3. The molecule has 34 heavy (non-hydrogen) atoms. The molecule has 0 radical (unpaired) electrons. The Balaban J connectivity index is 1.46. The zero-order chi connectivity index (χ0) is 23.5. The van der Waals surface area contributed by atoms with Crippen molar-refractivity contribution in [2.24, 2.45) is 0 Å². The monoisotopic (exact) mass is 478 g/mol. The molecule has 9 heteroatoms. The number of anilines is 2. The van der Waals surface area contributed by atoms with Crippen LogP contribution in [0.1, 0.15) is 12.8 Å². The predicted molar refractivity (Wildman–Crippen MR) is 141 cm³/mol. The molecule has 0 saturated carbocycles. The van der Waals surface area contributed by atoms with E-state index in [2.05, 4.69) is 65.0 Å². The Hall–Kier alpha value is -2.49. The van der Waals surface area contributed by atoms with E-state index < -0.39 is 0 Å². The van der Waals surface area contributed by atoms with Crippen LogP contribution in [0.25, 0.3) is 22.6 Å². The largest absolute Gasteiger partial charge is 0.369 e. The van der Waals surface area contributed by atoms with E-state index in [9.17, 15) is 0 Å². The molecule has 0 N–H and O–H groups in total. The molecule has 0 atom stereocenters. The zero-order valence-electron chi connectivity index (χ0n) is 20.4. The van der Waals surface area contributed by atoms with Crippen LogP contribution in [0.5, 0.6) is 0 Å². The van der Waals surface area contributed by atoms with Gasteiger partial charge in [0.2, 0.25) is 0 Å². The third-order valence-corrected chi connectivity index (χ3v) is 7.51. The van der Waals surface area contributed by atoms with Crippen LogP contribution in [-0.2, 0) is 0 Å². The molecule has 8 nitrogen and oxygen atoms in total. The molecule has 2 saturated heterocycles. The average Bonchev–Trinajstić information content (AvgIpc) is 3.39. The molecule has 1 aromatic carbocycles.